The van der Waals surface area contributed by atoms with Crippen molar-refractivity contribution in [2.24, 2.45) is 0 Å². The number of halogens is 2. The predicted octanol–water partition coefficient (Wildman–Crippen LogP) is 4.36. The molecule has 0 saturated heterocycles. The minimum Gasteiger partial charge on any atom is -0.497 e. The number of anilines is 3. The van der Waals surface area contributed by atoms with Gasteiger partial charge in [-0.25, -0.2) is 8.78 Å². The van der Waals surface area contributed by atoms with Gasteiger partial charge in [-0.1, -0.05) is 12.1 Å². The van der Waals surface area contributed by atoms with E-state index in [1.165, 1.54) is 24.5 Å². The molecular weight excluding hydrogens is 340 g/mol. The smallest absolute Gasteiger partial charge is 0.257 e. The maximum atomic E-state index is 13.7. The van der Waals surface area contributed by atoms with Crippen LogP contribution >= 0.6 is 0 Å². The number of amides is 1. The van der Waals surface area contributed by atoms with Gasteiger partial charge in [-0.2, -0.15) is 0 Å². The van der Waals surface area contributed by atoms with Gasteiger partial charge in [0.1, 0.15) is 23.1 Å². The summed E-state index contributed by atoms with van der Waals surface area (Å²) < 4.78 is 32.5. The molecule has 5 nitrogen and oxygen atoms in total. The summed E-state index contributed by atoms with van der Waals surface area (Å²) >= 11 is 0. The van der Waals surface area contributed by atoms with Crippen molar-refractivity contribution < 1.29 is 18.3 Å². The Morgan fingerprint density at radius 1 is 1.00 bits per heavy atom. The Labute approximate surface area is 148 Å². The third-order valence-corrected chi connectivity index (χ3v) is 3.56. The number of rotatable bonds is 5. The summed E-state index contributed by atoms with van der Waals surface area (Å²) in [6.45, 7) is 0. The van der Waals surface area contributed by atoms with Gasteiger partial charge < -0.3 is 15.4 Å². The van der Waals surface area contributed by atoms with Crippen LogP contribution in [0.4, 0.5) is 25.8 Å². The first-order valence-corrected chi connectivity index (χ1v) is 7.68. The maximum Gasteiger partial charge on any atom is 0.257 e. The van der Waals surface area contributed by atoms with Crippen LogP contribution in [0.25, 0.3) is 0 Å². The Morgan fingerprint density at radius 2 is 1.73 bits per heavy atom. The Morgan fingerprint density at radius 3 is 2.46 bits per heavy atom. The number of carbonyl (C=O) groups is 1. The monoisotopic (exact) mass is 355 g/mol. The number of methoxy groups -OCH3 is 1. The zero-order valence-electron chi connectivity index (χ0n) is 13.8. The predicted molar refractivity (Wildman–Crippen MR) is 94.8 cm³/mol. The van der Waals surface area contributed by atoms with E-state index in [2.05, 4.69) is 15.6 Å². The third kappa shape index (κ3) is 3.94. The van der Waals surface area contributed by atoms with Crippen molar-refractivity contribution in [1.82, 2.24) is 4.98 Å². The van der Waals surface area contributed by atoms with Crippen molar-refractivity contribution in [2.75, 3.05) is 17.7 Å². The van der Waals surface area contributed by atoms with Gasteiger partial charge in [-0.15, -0.1) is 0 Å². The molecule has 0 radical (unpaired) electrons. The van der Waals surface area contributed by atoms with Crippen LogP contribution in [0.1, 0.15) is 10.4 Å². The highest BCUT2D eigenvalue weighted by molar-refractivity contribution is 6.04. The summed E-state index contributed by atoms with van der Waals surface area (Å²) in [5.41, 5.74) is 0.938. The van der Waals surface area contributed by atoms with Crippen molar-refractivity contribution in [3.8, 4) is 5.75 Å². The van der Waals surface area contributed by atoms with Crippen molar-refractivity contribution in [1.29, 1.82) is 0 Å². The Hall–Kier alpha value is -3.48. The van der Waals surface area contributed by atoms with E-state index in [1.807, 2.05) is 12.1 Å². The lowest BCUT2D eigenvalue weighted by molar-refractivity contribution is 0.102. The lowest BCUT2D eigenvalue weighted by Gasteiger charge is -2.10. The van der Waals surface area contributed by atoms with Gasteiger partial charge in [0.25, 0.3) is 5.91 Å². The Balaban J connectivity index is 1.79. The van der Waals surface area contributed by atoms with Crippen LogP contribution in [0.3, 0.4) is 0 Å². The molecule has 0 unspecified atom stereocenters. The summed E-state index contributed by atoms with van der Waals surface area (Å²) in [5.74, 6) is -1.70. The molecule has 26 heavy (non-hydrogen) atoms. The van der Waals surface area contributed by atoms with Crippen LogP contribution in [0.2, 0.25) is 0 Å². The van der Waals surface area contributed by atoms with E-state index in [9.17, 15) is 13.6 Å². The first-order valence-electron chi connectivity index (χ1n) is 7.68. The van der Waals surface area contributed by atoms with Gasteiger partial charge in [0.15, 0.2) is 0 Å². The van der Waals surface area contributed by atoms with Crippen molar-refractivity contribution in [2.45, 2.75) is 0 Å². The number of ether oxygens (including phenoxy) is 1. The molecule has 2 aromatic carbocycles. The van der Waals surface area contributed by atoms with Gasteiger partial charge >= 0.3 is 0 Å². The summed E-state index contributed by atoms with van der Waals surface area (Å²) in [6, 6.07) is 12.1. The van der Waals surface area contributed by atoms with E-state index in [0.717, 1.165) is 17.8 Å². The molecule has 1 aromatic heterocycles. The molecular formula is C19H15F2N3O2. The zero-order valence-corrected chi connectivity index (χ0v) is 13.8. The largest absolute Gasteiger partial charge is 0.497 e. The maximum absolute atomic E-state index is 13.7. The molecule has 7 heteroatoms. The van der Waals surface area contributed by atoms with E-state index in [4.69, 9.17) is 4.74 Å². The van der Waals surface area contributed by atoms with Crippen LogP contribution < -0.4 is 15.4 Å². The molecule has 1 amide bonds. The van der Waals surface area contributed by atoms with Crippen LogP contribution in [0.5, 0.6) is 5.75 Å². The molecule has 3 aromatic rings. The molecule has 1 heterocycles. The SMILES string of the molecule is COc1cccc(Nc2cncc(C(=O)Nc3c(F)cccc3F)c2)c1. The lowest BCUT2D eigenvalue weighted by atomic mass is 10.2. The van der Waals surface area contributed by atoms with E-state index < -0.39 is 23.2 Å². The summed E-state index contributed by atoms with van der Waals surface area (Å²) in [4.78, 5) is 16.3. The topological polar surface area (TPSA) is 63.2 Å². The summed E-state index contributed by atoms with van der Waals surface area (Å²) in [7, 11) is 1.56. The second kappa shape index (κ2) is 7.60. The van der Waals surface area contributed by atoms with Crippen molar-refractivity contribution in [3.05, 3.63) is 78.1 Å². The molecule has 0 atom stereocenters. The number of nitrogens with zero attached hydrogens (tertiary/aromatic N) is 1. The second-order valence-corrected chi connectivity index (χ2v) is 5.37. The van der Waals surface area contributed by atoms with Gasteiger partial charge in [0.05, 0.1) is 24.6 Å². The van der Waals surface area contributed by atoms with Crippen LogP contribution in [0, 0.1) is 11.6 Å². The highest BCUT2D eigenvalue weighted by atomic mass is 19.1. The first kappa shape index (κ1) is 17.3. The molecule has 0 aliphatic heterocycles. The number of hydrogen-bond acceptors (Lipinski definition) is 4. The number of hydrogen-bond donors (Lipinski definition) is 2. The number of carbonyl (C=O) groups excluding carboxylic acids is 1. The van der Waals surface area contributed by atoms with Crippen molar-refractivity contribution in [3.63, 3.8) is 0 Å². The summed E-state index contributed by atoms with van der Waals surface area (Å²) in [6.07, 6.45) is 2.84. The highest BCUT2D eigenvalue weighted by Gasteiger charge is 2.14. The average molecular weight is 355 g/mol. The Bertz CT molecular complexity index is 927. The van der Waals surface area contributed by atoms with E-state index in [-0.39, 0.29) is 5.56 Å². The van der Waals surface area contributed by atoms with Gasteiger partial charge in [0, 0.05) is 18.0 Å². The summed E-state index contributed by atoms with van der Waals surface area (Å²) in [5, 5.41) is 5.32. The van der Waals surface area contributed by atoms with E-state index in [1.54, 1.807) is 19.2 Å². The Kier molecular flexibility index (Phi) is 5.07. The number of benzene rings is 2. The van der Waals surface area contributed by atoms with E-state index in [0.29, 0.717) is 11.4 Å². The molecule has 0 bridgehead atoms. The molecule has 0 saturated carbocycles. The van der Waals surface area contributed by atoms with Gasteiger partial charge in [-0.05, 0) is 30.3 Å². The zero-order chi connectivity index (χ0) is 18.5. The minimum absolute atomic E-state index is 0.153. The second-order valence-electron chi connectivity index (χ2n) is 5.37. The van der Waals surface area contributed by atoms with Crippen LogP contribution in [0.15, 0.2) is 60.9 Å². The van der Waals surface area contributed by atoms with Crippen LogP contribution in [-0.2, 0) is 0 Å². The van der Waals surface area contributed by atoms with Crippen LogP contribution in [-0.4, -0.2) is 18.0 Å². The number of nitrogens with one attached hydrogen (secondary N) is 2. The minimum atomic E-state index is -0.850. The molecule has 0 fully saturated rings. The standard InChI is InChI=1S/C19H15F2N3O2/c1-26-15-5-2-4-13(9-15)23-14-8-12(10-22-11-14)19(25)24-18-16(20)6-3-7-17(18)21/h2-11,23H,1H3,(H,24,25). The number of para-hydroxylation sites is 1. The average Bonchev–Trinajstić information content (AvgIpc) is 2.65. The van der Waals surface area contributed by atoms with Crippen molar-refractivity contribution >= 4 is 23.0 Å². The number of aromatic nitrogens is 1. The number of pyridine rings is 1. The molecule has 2 N–H and O–H groups in total. The highest BCUT2D eigenvalue weighted by Crippen LogP contribution is 2.22. The first-order chi connectivity index (χ1) is 12.6. The fourth-order valence-electron chi connectivity index (χ4n) is 2.30. The van der Waals surface area contributed by atoms with Gasteiger partial charge in [0.2, 0.25) is 0 Å². The fourth-order valence-corrected chi connectivity index (χ4v) is 2.30. The van der Waals surface area contributed by atoms with Gasteiger partial charge in [-0.3, -0.25) is 9.78 Å². The molecule has 132 valence electrons. The molecule has 0 spiro atoms. The quantitative estimate of drug-likeness (QED) is 0.714. The normalized spacial score (nSPS) is 10.3. The molecule has 0 aliphatic carbocycles. The fraction of sp³-hybridized carbons (Fsp3) is 0.0526. The molecule has 0 aliphatic rings. The lowest BCUT2D eigenvalue weighted by Crippen LogP contribution is -2.14. The third-order valence-electron chi connectivity index (χ3n) is 3.56. The van der Waals surface area contributed by atoms with E-state index >= 15 is 0 Å². The molecule has 3 rings (SSSR count).